The molecule has 0 spiro atoms. The molecule has 4 aromatic rings. The van der Waals surface area contributed by atoms with Crippen LogP contribution in [0.25, 0.3) is 33.7 Å². The summed E-state index contributed by atoms with van der Waals surface area (Å²) in [6, 6.07) is 24.9. The lowest BCUT2D eigenvalue weighted by Crippen LogP contribution is -2.10. The van der Waals surface area contributed by atoms with Crippen LogP contribution in [0.4, 0.5) is 0 Å². The van der Waals surface area contributed by atoms with Crippen molar-refractivity contribution in [2.24, 2.45) is 0 Å². The van der Waals surface area contributed by atoms with Crippen LogP contribution in [0.15, 0.2) is 77.2 Å². The molecule has 1 aromatic heterocycles. The molecule has 0 amide bonds. The second-order valence-corrected chi connectivity index (χ2v) is 7.36. The molecule has 4 rings (SSSR count). The van der Waals surface area contributed by atoms with Crippen molar-refractivity contribution < 1.29 is 4.42 Å². The predicted molar refractivity (Wildman–Crippen MR) is 104 cm³/mol. The highest BCUT2D eigenvalue weighted by molar-refractivity contribution is 5.84. The maximum atomic E-state index is 6.07. The van der Waals surface area contributed by atoms with Crippen molar-refractivity contribution >= 4 is 11.1 Å². The number of aromatic nitrogens is 1. The first-order valence-electron chi connectivity index (χ1n) is 8.58. The van der Waals surface area contributed by atoms with E-state index in [1.54, 1.807) is 0 Å². The zero-order valence-electron chi connectivity index (χ0n) is 14.8. The van der Waals surface area contributed by atoms with Crippen LogP contribution in [0.3, 0.4) is 0 Å². The second kappa shape index (κ2) is 5.89. The third-order valence-corrected chi connectivity index (χ3v) is 4.50. The number of fused-ring (bicyclic) bond motifs is 1. The highest BCUT2D eigenvalue weighted by atomic mass is 16.3. The first-order chi connectivity index (χ1) is 12.0. The molecule has 0 fully saturated rings. The molecule has 0 aliphatic heterocycles. The van der Waals surface area contributed by atoms with E-state index in [0.717, 1.165) is 27.8 Å². The maximum absolute atomic E-state index is 6.07. The molecule has 0 saturated heterocycles. The predicted octanol–water partition coefficient (Wildman–Crippen LogP) is 6.46. The van der Waals surface area contributed by atoms with Crippen LogP contribution < -0.4 is 0 Å². The van der Waals surface area contributed by atoms with E-state index in [9.17, 15) is 0 Å². The average Bonchev–Trinajstić information content (AvgIpc) is 3.05. The molecule has 0 aliphatic rings. The normalized spacial score (nSPS) is 11.8. The van der Waals surface area contributed by atoms with E-state index in [4.69, 9.17) is 9.40 Å². The van der Waals surface area contributed by atoms with Gasteiger partial charge in [0, 0.05) is 5.56 Å². The van der Waals surface area contributed by atoms with Crippen molar-refractivity contribution in [2.45, 2.75) is 26.2 Å². The molecule has 2 nitrogen and oxygen atoms in total. The van der Waals surface area contributed by atoms with Gasteiger partial charge in [0.05, 0.1) is 0 Å². The number of rotatable bonds is 2. The lowest BCUT2D eigenvalue weighted by molar-refractivity contribution is 0.590. The quantitative estimate of drug-likeness (QED) is 0.422. The number of benzene rings is 3. The molecule has 25 heavy (non-hydrogen) atoms. The molecule has 0 bridgehead atoms. The third-order valence-electron chi connectivity index (χ3n) is 4.50. The Hall–Kier alpha value is -2.87. The van der Waals surface area contributed by atoms with Gasteiger partial charge in [-0.05, 0) is 40.3 Å². The number of oxazole rings is 1. The van der Waals surface area contributed by atoms with Gasteiger partial charge >= 0.3 is 0 Å². The monoisotopic (exact) mass is 327 g/mol. The minimum atomic E-state index is 0.0925. The lowest BCUT2D eigenvalue weighted by atomic mass is 9.87. The lowest BCUT2D eigenvalue weighted by Gasteiger charge is -2.18. The Morgan fingerprint density at radius 3 is 2.16 bits per heavy atom. The van der Waals surface area contributed by atoms with E-state index < -0.39 is 0 Å². The zero-order chi connectivity index (χ0) is 17.4. The first kappa shape index (κ1) is 15.6. The summed E-state index contributed by atoms with van der Waals surface area (Å²) in [7, 11) is 0. The number of hydrogen-bond donors (Lipinski definition) is 0. The molecule has 3 aromatic carbocycles. The fourth-order valence-electron chi connectivity index (χ4n) is 3.05. The number of hydrogen-bond acceptors (Lipinski definition) is 2. The SMILES string of the molecule is CC(C)(C)c1ccc2oc(-c3ccccc3-c3ccccc3)nc2c1. The maximum Gasteiger partial charge on any atom is 0.227 e. The first-order valence-corrected chi connectivity index (χ1v) is 8.58. The largest absolute Gasteiger partial charge is 0.436 e. The Morgan fingerprint density at radius 1 is 0.760 bits per heavy atom. The van der Waals surface area contributed by atoms with Crippen LogP contribution in [0.2, 0.25) is 0 Å². The minimum Gasteiger partial charge on any atom is -0.436 e. The van der Waals surface area contributed by atoms with Crippen molar-refractivity contribution in [1.29, 1.82) is 0 Å². The molecule has 1 heterocycles. The van der Waals surface area contributed by atoms with Crippen molar-refractivity contribution in [2.75, 3.05) is 0 Å². The van der Waals surface area contributed by atoms with Crippen LogP contribution >= 0.6 is 0 Å². The minimum absolute atomic E-state index is 0.0925. The van der Waals surface area contributed by atoms with Crippen LogP contribution in [-0.4, -0.2) is 4.98 Å². The zero-order valence-corrected chi connectivity index (χ0v) is 14.8. The Kier molecular flexibility index (Phi) is 3.69. The molecule has 0 saturated carbocycles. The van der Waals surface area contributed by atoms with Gasteiger partial charge in [-0.2, -0.15) is 0 Å². The molecule has 0 radical (unpaired) electrons. The van der Waals surface area contributed by atoms with Gasteiger partial charge in [0.15, 0.2) is 5.58 Å². The molecule has 0 N–H and O–H groups in total. The highest BCUT2D eigenvalue weighted by Crippen LogP contribution is 2.34. The van der Waals surface area contributed by atoms with Gasteiger partial charge in [-0.25, -0.2) is 4.98 Å². The number of nitrogens with zero attached hydrogens (tertiary/aromatic N) is 1. The third kappa shape index (κ3) is 2.96. The molecule has 0 unspecified atom stereocenters. The van der Waals surface area contributed by atoms with Gasteiger partial charge in [-0.15, -0.1) is 0 Å². The average molecular weight is 327 g/mol. The summed E-state index contributed by atoms with van der Waals surface area (Å²) in [5.41, 5.74) is 6.39. The van der Waals surface area contributed by atoms with Crippen LogP contribution in [0.1, 0.15) is 26.3 Å². The summed E-state index contributed by atoms with van der Waals surface area (Å²) >= 11 is 0. The molecular formula is C23H21NO. The summed E-state index contributed by atoms with van der Waals surface area (Å²) in [6.07, 6.45) is 0. The van der Waals surface area contributed by atoms with Gasteiger partial charge in [0.1, 0.15) is 5.52 Å². The van der Waals surface area contributed by atoms with Gasteiger partial charge in [-0.3, -0.25) is 0 Å². The molecular weight excluding hydrogens is 306 g/mol. The molecule has 2 heteroatoms. The van der Waals surface area contributed by atoms with Gasteiger partial charge in [0.25, 0.3) is 0 Å². The molecule has 0 aliphatic carbocycles. The van der Waals surface area contributed by atoms with Crippen LogP contribution in [-0.2, 0) is 5.41 Å². The Balaban J connectivity index is 1.86. The van der Waals surface area contributed by atoms with Crippen molar-refractivity contribution in [3.8, 4) is 22.6 Å². The smallest absolute Gasteiger partial charge is 0.227 e. The van der Waals surface area contributed by atoms with E-state index in [0.29, 0.717) is 5.89 Å². The van der Waals surface area contributed by atoms with E-state index >= 15 is 0 Å². The fraction of sp³-hybridized carbons (Fsp3) is 0.174. The van der Waals surface area contributed by atoms with Gasteiger partial charge in [-0.1, -0.05) is 75.4 Å². The van der Waals surface area contributed by atoms with E-state index in [-0.39, 0.29) is 5.41 Å². The fourth-order valence-corrected chi connectivity index (χ4v) is 3.05. The second-order valence-electron chi connectivity index (χ2n) is 7.36. The summed E-state index contributed by atoms with van der Waals surface area (Å²) in [6.45, 7) is 6.62. The highest BCUT2D eigenvalue weighted by Gasteiger charge is 2.17. The van der Waals surface area contributed by atoms with Crippen molar-refractivity contribution in [3.05, 3.63) is 78.4 Å². The standard InChI is InChI=1S/C23H21NO/c1-23(2,3)17-13-14-21-20(15-17)24-22(25-21)19-12-8-7-11-18(19)16-9-5-4-6-10-16/h4-15H,1-3H3. The Morgan fingerprint density at radius 2 is 1.44 bits per heavy atom. The summed E-state index contributed by atoms with van der Waals surface area (Å²) < 4.78 is 6.07. The summed E-state index contributed by atoms with van der Waals surface area (Å²) in [4.78, 5) is 4.78. The summed E-state index contributed by atoms with van der Waals surface area (Å²) in [5, 5.41) is 0. The topological polar surface area (TPSA) is 26.0 Å². The molecule has 0 atom stereocenters. The Labute approximate surface area is 148 Å². The van der Waals surface area contributed by atoms with Crippen LogP contribution in [0.5, 0.6) is 0 Å². The van der Waals surface area contributed by atoms with Crippen LogP contribution in [0, 0.1) is 0 Å². The molecule has 124 valence electrons. The van der Waals surface area contributed by atoms with E-state index in [1.807, 2.05) is 36.4 Å². The Bertz CT molecular complexity index is 1020. The van der Waals surface area contributed by atoms with Gasteiger partial charge < -0.3 is 4.42 Å². The summed E-state index contributed by atoms with van der Waals surface area (Å²) in [5.74, 6) is 0.667. The van der Waals surface area contributed by atoms with Crippen molar-refractivity contribution in [1.82, 2.24) is 4.98 Å². The van der Waals surface area contributed by atoms with E-state index in [2.05, 4.69) is 57.2 Å². The van der Waals surface area contributed by atoms with E-state index in [1.165, 1.54) is 5.56 Å². The van der Waals surface area contributed by atoms with Crippen molar-refractivity contribution in [3.63, 3.8) is 0 Å². The van der Waals surface area contributed by atoms with Gasteiger partial charge in [0.2, 0.25) is 5.89 Å².